The normalized spacial score (nSPS) is 20.8. The van der Waals surface area contributed by atoms with Crippen molar-refractivity contribution in [1.82, 2.24) is 10.3 Å². The molecule has 3 nitrogen and oxygen atoms in total. The lowest BCUT2D eigenvalue weighted by molar-refractivity contribution is -0.139. The van der Waals surface area contributed by atoms with Gasteiger partial charge in [-0.3, -0.25) is 0 Å². The first-order valence-electron chi connectivity index (χ1n) is 5.57. The summed E-state index contributed by atoms with van der Waals surface area (Å²) in [6, 6.07) is 0.985. The van der Waals surface area contributed by atoms with E-state index >= 15 is 0 Å². The quantitative estimate of drug-likeness (QED) is 0.908. The number of nitrogens with zero attached hydrogens (tertiary/aromatic N) is 1. The molecule has 2 heterocycles. The Morgan fingerprint density at radius 2 is 2.22 bits per heavy atom. The minimum atomic E-state index is -4.46. The number of hydrogen-bond donors (Lipinski definition) is 1. The van der Waals surface area contributed by atoms with Crippen molar-refractivity contribution in [1.29, 1.82) is 0 Å². The molecule has 1 atom stereocenters. The molecule has 100 valence electrons. The molecular weight excluding hydrogens is 313 g/mol. The van der Waals surface area contributed by atoms with Crippen molar-refractivity contribution in [2.24, 2.45) is 0 Å². The SMILES string of the molecule is FC(F)(F)c1cc(Br)cnc1O[C@H]1CCCNC1. The largest absolute Gasteiger partial charge is 0.473 e. The standard InChI is InChI=1S/C11H12BrF3N2O/c12-7-4-9(11(13,14)15)10(17-5-7)18-8-2-1-3-16-6-8/h4-5,8,16H,1-3,6H2/t8-/m0/s1. The zero-order chi connectivity index (χ0) is 13.2. The molecule has 1 aromatic rings. The summed E-state index contributed by atoms with van der Waals surface area (Å²) in [5.41, 5.74) is -0.845. The van der Waals surface area contributed by atoms with E-state index in [1.165, 1.54) is 6.20 Å². The monoisotopic (exact) mass is 324 g/mol. The lowest BCUT2D eigenvalue weighted by Gasteiger charge is -2.24. The first-order valence-corrected chi connectivity index (χ1v) is 6.36. The van der Waals surface area contributed by atoms with E-state index in [1.54, 1.807) is 0 Å². The van der Waals surface area contributed by atoms with Crippen LogP contribution in [0.2, 0.25) is 0 Å². The molecule has 0 bridgehead atoms. The van der Waals surface area contributed by atoms with E-state index in [2.05, 4.69) is 26.2 Å². The highest BCUT2D eigenvalue weighted by Crippen LogP contribution is 2.37. The van der Waals surface area contributed by atoms with E-state index in [1.807, 2.05) is 0 Å². The summed E-state index contributed by atoms with van der Waals surface area (Å²) in [5, 5.41) is 3.08. The van der Waals surface area contributed by atoms with Gasteiger partial charge < -0.3 is 10.1 Å². The van der Waals surface area contributed by atoms with Gasteiger partial charge in [-0.05, 0) is 41.4 Å². The molecule has 0 spiro atoms. The molecule has 1 saturated heterocycles. The Labute approximate surface area is 111 Å². The van der Waals surface area contributed by atoms with Crippen molar-refractivity contribution in [2.45, 2.75) is 25.1 Å². The van der Waals surface area contributed by atoms with Crippen LogP contribution in [-0.2, 0) is 6.18 Å². The summed E-state index contributed by atoms with van der Waals surface area (Å²) in [6.45, 7) is 1.43. The summed E-state index contributed by atoms with van der Waals surface area (Å²) in [7, 11) is 0. The molecule has 18 heavy (non-hydrogen) atoms. The Morgan fingerprint density at radius 1 is 1.44 bits per heavy atom. The number of nitrogens with one attached hydrogen (secondary N) is 1. The minimum absolute atomic E-state index is 0.256. The number of pyridine rings is 1. The number of rotatable bonds is 2. The average molecular weight is 325 g/mol. The number of hydrogen-bond acceptors (Lipinski definition) is 3. The lowest BCUT2D eigenvalue weighted by atomic mass is 10.1. The van der Waals surface area contributed by atoms with Crippen molar-refractivity contribution < 1.29 is 17.9 Å². The number of halogens is 4. The van der Waals surface area contributed by atoms with Gasteiger partial charge in [0.2, 0.25) is 5.88 Å². The van der Waals surface area contributed by atoms with E-state index in [-0.39, 0.29) is 16.5 Å². The van der Waals surface area contributed by atoms with Gasteiger partial charge in [0.15, 0.2) is 0 Å². The zero-order valence-electron chi connectivity index (χ0n) is 9.43. The second-order valence-electron chi connectivity index (χ2n) is 4.09. The lowest BCUT2D eigenvalue weighted by Crippen LogP contribution is -2.37. The summed E-state index contributed by atoms with van der Waals surface area (Å²) in [4.78, 5) is 3.72. The Morgan fingerprint density at radius 3 is 2.83 bits per heavy atom. The zero-order valence-corrected chi connectivity index (χ0v) is 11.0. The third-order valence-electron chi connectivity index (χ3n) is 2.65. The molecule has 0 aromatic carbocycles. The van der Waals surface area contributed by atoms with Crippen LogP contribution in [0.25, 0.3) is 0 Å². The summed E-state index contributed by atoms with van der Waals surface area (Å²) in [6.07, 6.45) is -1.78. The van der Waals surface area contributed by atoms with Gasteiger partial charge in [-0.2, -0.15) is 13.2 Å². The van der Waals surface area contributed by atoms with Gasteiger partial charge in [-0.15, -0.1) is 0 Å². The molecule has 0 radical (unpaired) electrons. The number of piperidine rings is 1. The van der Waals surface area contributed by atoms with Crippen molar-refractivity contribution in [2.75, 3.05) is 13.1 Å². The highest BCUT2D eigenvalue weighted by Gasteiger charge is 2.36. The molecule has 1 aromatic heterocycles. The van der Waals surface area contributed by atoms with E-state index < -0.39 is 11.7 Å². The Bertz CT molecular complexity index is 419. The smallest absolute Gasteiger partial charge is 0.421 e. The number of ether oxygens (including phenoxy) is 1. The van der Waals surface area contributed by atoms with Crippen LogP contribution >= 0.6 is 15.9 Å². The van der Waals surface area contributed by atoms with Gasteiger partial charge in [0.05, 0.1) is 0 Å². The van der Waals surface area contributed by atoms with Crippen LogP contribution in [0.5, 0.6) is 5.88 Å². The van der Waals surface area contributed by atoms with Crippen LogP contribution in [0, 0.1) is 0 Å². The van der Waals surface area contributed by atoms with Gasteiger partial charge in [0.1, 0.15) is 11.7 Å². The second-order valence-corrected chi connectivity index (χ2v) is 5.01. The van der Waals surface area contributed by atoms with E-state index in [0.717, 1.165) is 25.5 Å². The molecule has 0 saturated carbocycles. The molecule has 1 aliphatic heterocycles. The fraction of sp³-hybridized carbons (Fsp3) is 0.545. The maximum absolute atomic E-state index is 12.8. The van der Waals surface area contributed by atoms with Crippen LogP contribution in [0.15, 0.2) is 16.7 Å². The summed E-state index contributed by atoms with van der Waals surface area (Å²) >= 11 is 2.98. The summed E-state index contributed by atoms with van der Waals surface area (Å²) < 4.78 is 44.1. The molecule has 0 amide bonds. The van der Waals surface area contributed by atoms with E-state index in [4.69, 9.17) is 4.74 Å². The fourth-order valence-corrected chi connectivity index (χ4v) is 2.13. The van der Waals surface area contributed by atoms with E-state index in [9.17, 15) is 13.2 Å². The van der Waals surface area contributed by atoms with Crippen molar-refractivity contribution in [3.8, 4) is 5.88 Å². The third kappa shape index (κ3) is 3.35. The summed E-state index contributed by atoms with van der Waals surface area (Å²) in [5.74, 6) is -0.348. The predicted octanol–water partition coefficient (Wildman–Crippen LogP) is 2.99. The van der Waals surface area contributed by atoms with Crippen LogP contribution < -0.4 is 10.1 Å². The average Bonchev–Trinajstić information content (AvgIpc) is 2.31. The van der Waals surface area contributed by atoms with Crippen LogP contribution in [0.4, 0.5) is 13.2 Å². The van der Waals surface area contributed by atoms with Gasteiger partial charge in [-0.25, -0.2) is 4.98 Å². The van der Waals surface area contributed by atoms with Crippen molar-refractivity contribution >= 4 is 15.9 Å². The first kappa shape index (κ1) is 13.6. The molecule has 1 fully saturated rings. The highest BCUT2D eigenvalue weighted by molar-refractivity contribution is 9.10. The number of alkyl halides is 3. The van der Waals surface area contributed by atoms with Gasteiger partial charge in [-0.1, -0.05) is 0 Å². The van der Waals surface area contributed by atoms with Gasteiger partial charge >= 0.3 is 6.18 Å². The highest BCUT2D eigenvalue weighted by atomic mass is 79.9. The first-order chi connectivity index (χ1) is 8.47. The topological polar surface area (TPSA) is 34.1 Å². The molecule has 2 rings (SSSR count). The van der Waals surface area contributed by atoms with Crippen LogP contribution in [0.1, 0.15) is 18.4 Å². The number of aromatic nitrogens is 1. The Kier molecular flexibility index (Phi) is 4.11. The van der Waals surface area contributed by atoms with E-state index in [0.29, 0.717) is 6.54 Å². The molecule has 0 unspecified atom stereocenters. The minimum Gasteiger partial charge on any atom is -0.473 e. The maximum Gasteiger partial charge on any atom is 0.421 e. The molecule has 7 heteroatoms. The second kappa shape index (κ2) is 5.44. The van der Waals surface area contributed by atoms with Gasteiger partial charge in [0.25, 0.3) is 0 Å². The van der Waals surface area contributed by atoms with Crippen molar-refractivity contribution in [3.05, 3.63) is 22.3 Å². The maximum atomic E-state index is 12.8. The predicted molar refractivity (Wildman–Crippen MR) is 63.5 cm³/mol. The van der Waals surface area contributed by atoms with Crippen molar-refractivity contribution in [3.63, 3.8) is 0 Å². The Hall–Kier alpha value is -0.820. The van der Waals surface area contributed by atoms with Crippen LogP contribution in [0.3, 0.4) is 0 Å². The fourth-order valence-electron chi connectivity index (χ4n) is 1.80. The molecule has 1 N–H and O–H groups in total. The Balaban J connectivity index is 2.21. The van der Waals surface area contributed by atoms with Gasteiger partial charge in [0, 0.05) is 17.2 Å². The van der Waals surface area contributed by atoms with Crippen LogP contribution in [-0.4, -0.2) is 24.2 Å². The molecular formula is C11H12BrF3N2O. The molecule has 1 aliphatic rings. The molecule has 0 aliphatic carbocycles. The third-order valence-corrected chi connectivity index (χ3v) is 3.09.